The normalized spacial score (nSPS) is 12.7. The minimum atomic E-state index is -0.386. The second-order valence-electron chi connectivity index (χ2n) is 7.37. The van der Waals surface area contributed by atoms with Gasteiger partial charge in [0.2, 0.25) is 0 Å². The molecule has 0 heterocycles. The van der Waals surface area contributed by atoms with Gasteiger partial charge in [-0.2, -0.15) is 0 Å². The molecule has 2 atom stereocenters. The number of likely N-dealkylation sites (N-methyl/N-ethyl adjacent to an activating group) is 1. The molecule has 1 unspecified atom stereocenters. The average Bonchev–Trinajstić information content (AvgIpc) is 2.76. The Hall–Kier alpha value is -3.31. The number of anilines is 1. The number of rotatable bonds is 8. The summed E-state index contributed by atoms with van der Waals surface area (Å²) in [4.78, 5) is 14.3. The fraction of sp³-hybridized carbons (Fsp3) is 0.240. The molecule has 0 aliphatic rings. The average molecular weight is 406 g/mol. The molecule has 30 heavy (non-hydrogen) atoms. The SMILES string of the molecule is COc1cccc(C[NH+](C)[C@@H](C(=O)Nc2ccc(C)cc2)c2ccccc2)c1OC. The van der Waals surface area contributed by atoms with Crippen LogP contribution in [0.5, 0.6) is 11.5 Å². The van der Waals surface area contributed by atoms with E-state index >= 15 is 0 Å². The number of carbonyl (C=O) groups excluding carboxylic acids is 1. The summed E-state index contributed by atoms with van der Waals surface area (Å²) in [6.45, 7) is 2.62. The van der Waals surface area contributed by atoms with Crippen molar-refractivity contribution in [1.29, 1.82) is 0 Å². The zero-order chi connectivity index (χ0) is 21.5. The Bertz CT molecular complexity index is 971. The highest BCUT2D eigenvalue weighted by molar-refractivity contribution is 5.94. The lowest BCUT2D eigenvalue weighted by Crippen LogP contribution is -3.09. The summed E-state index contributed by atoms with van der Waals surface area (Å²) in [6, 6.07) is 23.1. The van der Waals surface area contributed by atoms with Crippen molar-refractivity contribution in [2.45, 2.75) is 19.5 Å². The van der Waals surface area contributed by atoms with E-state index in [9.17, 15) is 4.79 Å². The number of methoxy groups -OCH3 is 2. The van der Waals surface area contributed by atoms with E-state index < -0.39 is 0 Å². The van der Waals surface area contributed by atoms with Gasteiger partial charge in [-0.25, -0.2) is 0 Å². The molecule has 3 rings (SSSR count). The molecule has 5 nitrogen and oxygen atoms in total. The Kier molecular flexibility index (Phi) is 7.09. The predicted octanol–water partition coefficient (Wildman–Crippen LogP) is 3.41. The van der Waals surface area contributed by atoms with Crippen LogP contribution in [0.3, 0.4) is 0 Å². The van der Waals surface area contributed by atoms with Gasteiger partial charge in [-0.05, 0) is 31.2 Å². The molecule has 1 amide bonds. The standard InChI is InChI=1S/C25H28N2O3/c1-18-13-15-21(16-14-18)26-25(28)23(19-9-6-5-7-10-19)27(2)17-20-11-8-12-22(29-3)24(20)30-4/h5-16,23H,17H2,1-4H3,(H,26,28)/p+1/t23-/m1/s1. The smallest absolute Gasteiger partial charge is 0.287 e. The quantitative estimate of drug-likeness (QED) is 0.604. The number of amides is 1. The van der Waals surface area contributed by atoms with Gasteiger partial charge in [-0.3, -0.25) is 4.79 Å². The monoisotopic (exact) mass is 405 g/mol. The summed E-state index contributed by atoms with van der Waals surface area (Å²) in [5, 5.41) is 3.07. The van der Waals surface area contributed by atoms with Crippen LogP contribution in [0.25, 0.3) is 0 Å². The van der Waals surface area contributed by atoms with Crippen LogP contribution in [0.15, 0.2) is 72.8 Å². The molecule has 0 radical (unpaired) electrons. The van der Waals surface area contributed by atoms with Gasteiger partial charge in [0, 0.05) is 11.3 Å². The number of benzene rings is 3. The van der Waals surface area contributed by atoms with Crippen molar-refractivity contribution in [2.24, 2.45) is 0 Å². The van der Waals surface area contributed by atoms with Gasteiger partial charge in [0.15, 0.2) is 17.5 Å². The predicted molar refractivity (Wildman–Crippen MR) is 119 cm³/mol. The first-order chi connectivity index (χ1) is 14.5. The summed E-state index contributed by atoms with van der Waals surface area (Å²) in [7, 11) is 5.28. The van der Waals surface area contributed by atoms with Crippen molar-refractivity contribution in [2.75, 3.05) is 26.6 Å². The largest absolute Gasteiger partial charge is 0.493 e. The molecule has 0 spiro atoms. The van der Waals surface area contributed by atoms with Crippen molar-refractivity contribution in [3.05, 3.63) is 89.5 Å². The van der Waals surface area contributed by atoms with E-state index in [0.717, 1.165) is 27.3 Å². The molecule has 156 valence electrons. The molecule has 0 fully saturated rings. The van der Waals surface area contributed by atoms with Crippen LogP contribution in [0, 0.1) is 6.92 Å². The second kappa shape index (κ2) is 9.94. The van der Waals surface area contributed by atoms with E-state index in [0.29, 0.717) is 18.0 Å². The highest BCUT2D eigenvalue weighted by atomic mass is 16.5. The van der Waals surface area contributed by atoms with E-state index in [1.807, 2.05) is 86.8 Å². The van der Waals surface area contributed by atoms with Crippen molar-refractivity contribution in [3.63, 3.8) is 0 Å². The minimum Gasteiger partial charge on any atom is -0.493 e. The molecule has 0 aliphatic carbocycles. The lowest BCUT2D eigenvalue weighted by atomic mass is 10.0. The Morgan fingerprint density at radius 2 is 1.63 bits per heavy atom. The zero-order valence-corrected chi connectivity index (χ0v) is 17.9. The first kappa shape index (κ1) is 21.4. The number of carbonyl (C=O) groups is 1. The van der Waals surface area contributed by atoms with E-state index in [-0.39, 0.29) is 11.9 Å². The molecular formula is C25H29N2O3+. The number of hydrogen-bond acceptors (Lipinski definition) is 3. The van der Waals surface area contributed by atoms with E-state index in [2.05, 4.69) is 5.32 Å². The van der Waals surface area contributed by atoms with Gasteiger partial charge in [0.25, 0.3) is 5.91 Å². The number of para-hydroxylation sites is 1. The zero-order valence-electron chi connectivity index (χ0n) is 17.9. The third-order valence-corrected chi connectivity index (χ3v) is 5.16. The van der Waals surface area contributed by atoms with Crippen LogP contribution in [-0.4, -0.2) is 27.2 Å². The summed E-state index contributed by atoms with van der Waals surface area (Å²) in [6.07, 6.45) is 0. The Balaban J connectivity index is 1.89. The maximum absolute atomic E-state index is 13.3. The Morgan fingerprint density at radius 3 is 2.27 bits per heavy atom. The number of nitrogens with one attached hydrogen (secondary N) is 2. The third-order valence-electron chi connectivity index (χ3n) is 5.16. The summed E-state index contributed by atoms with van der Waals surface area (Å²) in [5.41, 5.74) is 3.89. The van der Waals surface area contributed by atoms with Crippen LogP contribution in [0.1, 0.15) is 22.7 Å². The first-order valence-corrected chi connectivity index (χ1v) is 9.98. The first-order valence-electron chi connectivity index (χ1n) is 9.98. The van der Waals surface area contributed by atoms with Gasteiger partial charge in [0.05, 0.1) is 26.8 Å². The van der Waals surface area contributed by atoms with Gasteiger partial charge in [-0.1, -0.05) is 54.1 Å². The maximum Gasteiger partial charge on any atom is 0.287 e. The fourth-order valence-electron chi connectivity index (χ4n) is 3.65. The molecule has 0 saturated carbocycles. The van der Waals surface area contributed by atoms with E-state index in [4.69, 9.17) is 9.47 Å². The maximum atomic E-state index is 13.3. The number of ether oxygens (including phenoxy) is 2. The molecule has 3 aromatic rings. The topological polar surface area (TPSA) is 52.0 Å². The van der Waals surface area contributed by atoms with Crippen LogP contribution in [-0.2, 0) is 11.3 Å². The van der Waals surface area contributed by atoms with Crippen LogP contribution >= 0.6 is 0 Å². The van der Waals surface area contributed by atoms with Crippen molar-refractivity contribution < 1.29 is 19.2 Å². The molecule has 0 bridgehead atoms. The van der Waals surface area contributed by atoms with Gasteiger partial charge >= 0.3 is 0 Å². The molecular weight excluding hydrogens is 376 g/mol. The van der Waals surface area contributed by atoms with Crippen LogP contribution < -0.4 is 19.7 Å². The highest BCUT2D eigenvalue weighted by Crippen LogP contribution is 2.30. The second-order valence-corrected chi connectivity index (χ2v) is 7.37. The molecule has 0 aromatic heterocycles. The fourth-order valence-corrected chi connectivity index (χ4v) is 3.65. The van der Waals surface area contributed by atoms with Gasteiger partial charge in [-0.15, -0.1) is 0 Å². The summed E-state index contributed by atoms with van der Waals surface area (Å²) >= 11 is 0. The summed E-state index contributed by atoms with van der Waals surface area (Å²) in [5.74, 6) is 1.33. The number of hydrogen-bond donors (Lipinski definition) is 2. The molecule has 3 aromatic carbocycles. The van der Waals surface area contributed by atoms with Crippen LogP contribution in [0.4, 0.5) is 5.69 Å². The van der Waals surface area contributed by atoms with Crippen molar-refractivity contribution in [1.82, 2.24) is 0 Å². The number of aryl methyl sites for hydroxylation is 1. The number of quaternary nitrogens is 1. The van der Waals surface area contributed by atoms with Crippen LogP contribution in [0.2, 0.25) is 0 Å². The molecule has 0 aliphatic heterocycles. The lowest BCUT2D eigenvalue weighted by Gasteiger charge is -2.25. The summed E-state index contributed by atoms with van der Waals surface area (Å²) < 4.78 is 11.0. The lowest BCUT2D eigenvalue weighted by molar-refractivity contribution is -0.915. The van der Waals surface area contributed by atoms with Gasteiger partial charge in [0.1, 0.15) is 6.54 Å². The van der Waals surface area contributed by atoms with Gasteiger partial charge < -0.3 is 19.7 Å². The minimum absolute atomic E-state index is 0.0515. The highest BCUT2D eigenvalue weighted by Gasteiger charge is 2.30. The van der Waals surface area contributed by atoms with Crippen molar-refractivity contribution in [3.8, 4) is 11.5 Å². The van der Waals surface area contributed by atoms with E-state index in [1.54, 1.807) is 14.2 Å². The Morgan fingerprint density at radius 1 is 0.933 bits per heavy atom. The molecule has 2 N–H and O–H groups in total. The molecule has 5 heteroatoms. The van der Waals surface area contributed by atoms with Crippen molar-refractivity contribution >= 4 is 11.6 Å². The third kappa shape index (κ3) is 4.99. The van der Waals surface area contributed by atoms with E-state index in [1.165, 1.54) is 0 Å². The molecule has 0 saturated heterocycles. The Labute approximate surface area is 178 Å².